The van der Waals surface area contributed by atoms with E-state index >= 15 is 0 Å². The molecule has 1 aliphatic heterocycles. The van der Waals surface area contributed by atoms with Crippen LogP contribution in [-0.2, 0) is 14.1 Å². The second kappa shape index (κ2) is 7.75. The van der Waals surface area contributed by atoms with Crippen LogP contribution in [0.25, 0.3) is 27.8 Å². The first-order chi connectivity index (χ1) is 17.3. The highest BCUT2D eigenvalue weighted by molar-refractivity contribution is 5.99. The smallest absolute Gasteiger partial charge is 0.331 e. The van der Waals surface area contributed by atoms with Crippen LogP contribution >= 0.6 is 0 Å². The number of aromatic hydroxyl groups is 1. The number of hydrogen-bond acceptors (Lipinski definition) is 4. The maximum Gasteiger partial charge on any atom is 0.331 e. The third kappa shape index (κ3) is 2.99. The Hall–Kier alpha value is -4.52. The molecule has 0 aliphatic carbocycles. The summed E-state index contributed by atoms with van der Waals surface area (Å²) in [4.78, 5) is 26.8. The predicted molar refractivity (Wildman–Crippen MR) is 142 cm³/mol. The van der Waals surface area contributed by atoms with Crippen LogP contribution in [0.3, 0.4) is 0 Å². The second-order valence-corrected chi connectivity index (χ2v) is 9.49. The first kappa shape index (κ1) is 22.0. The molecule has 0 bridgehead atoms. The maximum absolute atomic E-state index is 13.7. The molecule has 0 saturated heterocycles. The molecule has 7 heteroatoms. The number of hydrogen-bond donors (Lipinski definition) is 2. The molecule has 0 spiro atoms. The van der Waals surface area contributed by atoms with Gasteiger partial charge in [0.05, 0.1) is 39.7 Å². The summed E-state index contributed by atoms with van der Waals surface area (Å²) in [6.07, 6.45) is 0. The average molecular weight is 479 g/mol. The lowest BCUT2D eigenvalue weighted by molar-refractivity contribution is 0.475. The Labute approximate surface area is 207 Å². The van der Waals surface area contributed by atoms with Crippen molar-refractivity contribution in [2.45, 2.75) is 19.9 Å². The lowest BCUT2D eigenvalue weighted by Crippen LogP contribution is -2.37. The summed E-state index contributed by atoms with van der Waals surface area (Å²) in [6, 6.07) is 20.8. The van der Waals surface area contributed by atoms with E-state index < -0.39 is 0 Å². The topological polar surface area (TPSA) is 81.2 Å². The summed E-state index contributed by atoms with van der Waals surface area (Å²) in [6.45, 7) is 4.15. The number of phenols is 1. The van der Waals surface area contributed by atoms with Gasteiger partial charge in [-0.2, -0.15) is 0 Å². The molecule has 0 radical (unpaired) electrons. The van der Waals surface area contributed by atoms with Crippen LogP contribution in [0.2, 0.25) is 0 Å². The first-order valence-electron chi connectivity index (χ1n) is 11.8. The first-order valence-corrected chi connectivity index (χ1v) is 11.8. The molecule has 180 valence electrons. The molecule has 1 atom stereocenters. The minimum Gasteiger partial charge on any atom is -0.508 e. The van der Waals surface area contributed by atoms with Crippen molar-refractivity contribution in [2.75, 3.05) is 5.32 Å². The van der Waals surface area contributed by atoms with Gasteiger partial charge in [-0.1, -0.05) is 42.5 Å². The van der Waals surface area contributed by atoms with Gasteiger partial charge in [-0.3, -0.25) is 13.9 Å². The van der Waals surface area contributed by atoms with Crippen molar-refractivity contribution < 1.29 is 5.11 Å². The third-order valence-corrected chi connectivity index (χ3v) is 7.31. The van der Waals surface area contributed by atoms with Crippen LogP contribution in [0.4, 0.5) is 5.69 Å². The maximum atomic E-state index is 13.7. The van der Waals surface area contributed by atoms with Crippen molar-refractivity contribution in [3.05, 3.63) is 110 Å². The standard InChI is InChI=1S/C29H26N4O3/c1-16-14-21-22(15-17(16)2)33-25(19-8-6-5-7-9-19)23-26(31(3)29(36)32(4)28(23)35)27(33)24(30-21)18-10-12-20(34)13-11-18/h5-15,24,30,34H,1-4H3/t24-/m0/s1. The Morgan fingerprint density at radius 2 is 1.53 bits per heavy atom. The molecule has 6 rings (SSSR count). The summed E-state index contributed by atoms with van der Waals surface area (Å²) in [5.41, 5.74) is 7.38. The van der Waals surface area contributed by atoms with Crippen molar-refractivity contribution in [3.8, 4) is 22.7 Å². The van der Waals surface area contributed by atoms with Crippen LogP contribution in [0.5, 0.6) is 5.75 Å². The Morgan fingerprint density at radius 3 is 2.22 bits per heavy atom. The van der Waals surface area contributed by atoms with Gasteiger partial charge in [-0.05, 0) is 60.4 Å². The third-order valence-electron chi connectivity index (χ3n) is 7.31. The molecule has 3 aromatic carbocycles. The van der Waals surface area contributed by atoms with E-state index in [9.17, 15) is 14.7 Å². The van der Waals surface area contributed by atoms with Gasteiger partial charge in [0.1, 0.15) is 5.75 Å². The number of nitrogens with one attached hydrogen (secondary N) is 1. The van der Waals surface area contributed by atoms with Crippen LogP contribution < -0.4 is 16.6 Å². The molecule has 2 aromatic heterocycles. The van der Waals surface area contributed by atoms with E-state index in [4.69, 9.17) is 0 Å². The zero-order valence-corrected chi connectivity index (χ0v) is 20.5. The van der Waals surface area contributed by atoms with Crippen molar-refractivity contribution in [3.63, 3.8) is 0 Å². The molecule has 0 saturated carbocycles. The molecule has 36 heavy (non-hydrogen) atoms. The summed E-state index contributed by atoms with van der Waals surface area (Å²) in [5, 5.41) is 14.1. The van der Waals surface area contributed by atoms with Gasteiger partial charge >= 0.3 is 5.69 Å². The summed E-state index contributed by atoms with van der Waals surface area (Å²) < 4.78 is 4.87. The van der Waals surface area contributed by atoms with E-state index in [2.05, 4.69) is 35.9 Å². The van der Waals surface area contributed by atoms with Crippen molar-refractivity contribution in [2.24, 2.45) is 14.1 Å². The number of rotatable bonds is 2. The zero-order chi connectivity index (χ0) is 25.3. The SMILES string of the molecule is Cc1cc2c(cc1C)-n1c(-c3ccccc3)c3c(=O)n(C)c(=O)n(C)c3c1[C@H](c1ccc(O)cc1)N2. The van der Waals surface area contributed by atoms with E-state index in [0.717, 1.165) is 45.0 Å². The molecule has 0 amide bonds. The Balaban J connectivity index is 1.87. The van der Waals surface area contributed by atoms with Crippen molar-refractivity contribution in [1.82, 2.24) is 13.7 Å². The van der Waals surface area contributed by atoms with E-state index in [1.165, 1.54) is 11.6 Å². The van der Waals surface area contributed by atoms with Gasteiger partial charge in [0.25, 0.3) is 5.56 Å². The van der Waals surface area contributed by atoms with Crippen molar-refractivity contribution >= 4 is 16.6 Å². The predicted octanol–water partition coefficient (Wildman–Crippen LogP) is 4.53. The van der Waals surface area contributed by atoms with E-state index in [0.29, 0.717) is 10.9 Å². The Kier molecular flexibility index (Phi) is 4.73. The number of aryl methyl sites for hydroxylation is 3. The second-order valence-electron chi connectivity index (χ2n) is 9.49. The fourth-order valence-electron chi connectivity index (χ4n) is 5.31. The minimum atomic E-state index is -0.379. The van der Waals surface area contributed by atoms with Crippen LogP contribution in [0.15, 0.2) is 76.3 Å². The van der Waals surface area contributed by atoms with E-state index in [-0.39, 0.29) is 23.0 Å². The number of anilines is 1. The molecular formula is C29H26N4O3. The normalized spacial score (nSPS) is 14.4. The van der Waals surface area contributed by atoms with Gasteiger partial charge in [-0.25, -0.2) is 4.79 Å². The minimum absolute atomic E-state index is 0.174. The lowest BCUT2D eigenvalue weighted by Gasteiger charge is -2.32. The number of nitrogens with zero attached hydrogens (tertiary/aromatic N) is 3. The highest BCUT2D eigenvalue weighted by atomic mass is 16.3. The molecule has 1 aliphatic rings. The van der Waals surface area contributed by atoms with Gasteiger partial charge in [0.15, 0.2) is 0 Å². The van der Waals surface area contributed by atoms with E-state index in [1.54, 1.807) is 23.7 Å². The van der Waals surface area contributed by atoms with Gasteiger partial charge < -0.3 is 15.0 Å². The molecule has 2 N–H and O–H groups in total. The van der Waals surface area contributed by atoms with Gasteiger partial charge in [0.2, 0.25) is 0 Å². The Bertz CT molecular complexity index is 1790. The zero-order valence-electron chi connectivity index (χ0n) is 20.5. The molecule has 0 fully saturated rings. The molecular weight excluding hydrogens is 452 g/mol. The summed E-state index contributed by atoms with van der Waals surface area (Å²) >= 11 is 0. The van der Waals surface area contributed by atoms with Gasteiger partial charge in [0, 0.05) is 14.1 Å². The fraction of sp³-hybridized carbons (Fsp3) is 0.172. The lowest BCUT2D eigenvalue weighted by atomic mass is 9.98. The number of phenolic OH excluding ortho intramolecular Hbond substituents is 1. The summed E-state index contributed by atoms with van der Waals surface area (Å²) in [5.74, 6) is 0.174. The van der Waals surface area contributed by atoms with Crippen LogP contribution in [0.1, 0.15) is 28.4 Å². The van der Waals surface area contributed by atoms with Crippen LogP contribution in [-0.4, -0.2) is 18.8 Å². The average Bonchev–Trinajstić information content (AvgIpc) is 3.24. The van der Waals surface area contributed by atoms with Crippen molar-refractivity contribution in [1.29, 1.82) is 0 Å². The van der Waals surface area contributed by atoms with Crippen LogP contribution in [0, 0.1) is 13.8 Å². The largest absolute Gasteiger partial charge is 0.508 e. The molecule has 7 nitrogen and oxygen atoms in total. The quantitative estimate of drug-likeness (QED) is 0.391. The Morgan fingerprint density at radius 1 is 0.861 bits per heavy atom. The van der Waals surface area contributed by atoms with Gasteiger partial charge in [-0.15, -0.1) is 0 Å². The number of benzene rings is 3. The van der Waals surface area contributed by atoms with E-state index in [1.807, 2.05) is 42.5 Å². The highest BCUT2D eigenvalue weighted by Crippen LogP contribution is 2.46. The highest BCUT2D eigenvalue weighted by Gasteiger charge is 2.35. The summed E-state index contributed by atoms with van der Waals surface area (Å²) in [7, 11) is 3.23. The fourth-order valence-corrected chi connectivity index (χ4v) is 5.31. The number of aromatic nitrogens is 3. The number of fused-ring (bicyclic) bond motifs is 5. The monoisotopic (exact) mass is 478 g/mol. The molecule has 5 aromatic rings. The molecule has 0 unspecified atom stereocenters. The molecule has 3 heterocycles.